The summed E-state index contributed by atoms with van der Waals surface area (Å²) in [5.41, 5.74) is 2.09. The first-order valence-electron chi connectivity index (χ1n) is 12.0. The van der Waals surface area contributed by atoms with E-state index in [1.54, 1.807) is 25.3 Å². The molecule has 10 heteroatoms. The van der Waals surface area contributed by atoms with Crippen molar-refractivity contribution >= 4 is 38.7 Å². The van der Waals surface area contributed by atoms with Crippen LogP contribution in [0, 0.1) is 0 Å². The molecular weight excluding hydrogens is 484 g/mol. The third kappa shape index (κ3) is 5.19. The predicted octanol–water partition coefficient (Wildman–Crippen LogP) is 4.17. The van der Waals surface area contributed by atoms with Crippen molar-refractivity contribution in [2.45, 2.75) is 43.2 Å². The molecule has 0 radical (unpaired) electrons. The van der Waals surface area contributed by atoms with Gasteiger partial charge < -0.3 is 9.64 Å². The average Bonchev–Trinajstić information content (AvgIpc) is 3.25. The third-order valence-electron chi connectivity index (χ3n) is 6.30. The molecule has 2 aromatic carbocycles. The topological polar surface area (TPSA) is 84.7 Å². The summed E-state index contributed by atoms with van der Waals surface area (Å²) >= 11 is 1.36. The highest BCUT2D eigenvalue weighted by Crippen LogP contribution is 2.34. The molecule has 8 nitrogen and oxygen atoms in total. The number of sulfonamides is 1. The lowest BCUT2D eigenvalue weighted by Gasteiger charge is -2.26. The van der Waals surface area contributed by atoms with Gasteiger partial charge in [-0.1, -0.05) is 37.7 Å². The number of para-hydroxylation sites is 2. The molecule has 4 rings (SSSR count). The van der Waals surface area contributed by atoms with Crippen LogP contribution in [0.15, 0.2) is 52.5 Å². The van der Waals surface area contributed by atoms with E-state index in [0.717, 1.165) is 37.1 Å². The van der Waals surface area contributed by atoms with Crippen LogP contribution >= 0.6 is 11.8 Å². The van der Waals surface area contributed by atoms with Gasteiger partial charge in [0.25, 0.3) is 0 Å². The van der Waals surface area contributed by atoms with Crippen LogP contribution in [-0.4, -0.2) is 72.1 Å². The third-order valence-corrected chi connectivity index (χ3v) is 9.27. The van der Waals surface area contributed by atoms with Crippen molar-refractivity contribution in [3.05, 3.63) is 42.5 Å². The second-order valence-corrected chi connectivity index (χ2v) is 11.3. The Morgan fingerprint density at radius 3 is 2.49 bits per heavy atom. The number of aromatic nitrogens is 2. The number of ether oxygens (including phenoxy) is 1. The minimum atomic E-state index is -3.62. The van der Waals surface area contributed by atoms with E-state index in [-0.39, 0.29) is 16.6 Å². The lowest BCUT2D eigenvalue weighted by atomic mass is 10.1. The highest BCUT2D eigenvalue weighted by atomic mass is 32.2. The van der Waals surface area contributed by atoms with E-state index in [4.69, 9.17) is 9.72 Å². The summed E-state index contributed by atoms with van der Waals surface area (Å²) in [6.07, 6.45) is 3.25. The van der Waals surface area contributed by atoms with Crippen LogP contribution in [0.5, 0.6) is 5.75 Å². The zero-order valence-corrected chi connectivity index (χ0v) is 22.1. The molecular formula is C25H32N4O4S2. The highest BCUT2D eigenvalue weighted by Gasteiger charge is 2.25. The van der Waals surface area contributed by atoms with Crippen molar-refractivity contribution in [1.82, 2.24) is 18.8 Å². The summed E-state index contributed by atoms with van der Waals surface area (Å²) in [5, 5.41) is 0.618. The summed E-state index contributed by atoms with van der Waals surface area (Å²) in [6.45, 7) is 6.04. The fraction of sp³-hybridized carbons (Fsp3) is 0.440. The maximum Gasteiger partial charge on any atom is 0.243 e. The molecule has 0 N–H and O–H groups in total. The zero-order valence-electron chi connectivity index (χ0n) is 20.4. The van der Waals surface area contributed by atoms with Gasteiger partial charge in [-0.2, -0.15) is 4.31 Å². The first-order valence-corrected chi connectivity index (χ1v) is 14.4. The Balaban J connectivity index is 1.77. The number of amides is 1. The van der Waals surface area contributed by atoms with Gasteiger partial charge in [0.1, 0.15) is 5.75 Å². The molecule has 0 spiro atoms. The maximum atomic E-state index is 13.1. The number of carbonyl (C=O) groups is 1. The number of benzene rings is 2. The molecule has 188 valence electrons. The van der Waals surface area contributed by atoms with Gasteiger partial charge in [0, 0.05) is 26.2 Å². The van der Waals surface area contributed by atoms with Crippen molar-refractivity contribution in [3.63, 3.8) is 0 Å². The van der Waals surface area contributed by atoms with Crippen molar-refractivity contribution in [2.24, 2.45) is 0 Å². The second-order valence-electron chi connectivity index (χ2n) is 8.37. The summed E-state index contributed by atoms with van der Waals surface area (Å²) < 4.78 is 35.2. The molecule has 35 heavy (non-hydrogen) atoms. The first kappa shape index (κ1) is 25.5. The number of likely N-dealkylation sites (tertiary alicyclic amines) is 1. The maximum absolute atomic E-state index is 13.1. The minimum absolute atomic E-state index is 0.0955. The van der Waals surface area contributed by atoms with E-state index < -0.39 is 10.0 Å². The Morgan fingerprint density at radius 2 is 1.80 bits per heavy atom. The number of hydrogen-bond donors (Lipinski definition) is 0. The molecule has 1 saturated heterocycles. The van der Waals surface area contributed by atoms with Crippen molar-refractivity contribution in [3.8, 4) is 11.4 Å². The number of methoxy groups -OCH3 is 1. The molecule has 0 atom stereocenters. The van der Waals surface area contributed by atoms with Gasteiger partial charge in [-0.15, -0.1) is 0 Å². The average molecular weight is 517 g/mol. The quantitative estimate of drug-likeness (QED) is 0.397. The molecule has 0 aliphatic carbocycles. The summed E-state index contributed by atoms with van der Waals surface area (Å²) in [6, 6.07) is 12.6. The zero-order chi connectivity index (χ0) is 25.0. The lowest BCUT2D eigenvalue weighted by Crippen LogP contribution is -2.36. The number of thioether (sulfide) groups is 1. The fourth-order valence-electron chi connectivity index (χ4n) is 4.42. The van der Waals surface area contributed by atoms with Crippen LogP contribution in [0.1, 0.15) is 33.1 Å². The Morgan fingerprint density at radius 1 is 1.09 bits per heavy atom. The second kappa shape index (κ2) is 11.0. The summed E-state index contributed by atoms with van der Waals surface area (Å²) in [7, 11) is -2.01. The standard InChI is InChI=1S/C25H32N4O4S2/c1-4-28(5-2)35(31,32)19-13-14-21-20(17-19)26-25(29(21)22-11-7-8-12-23(22)33-3)34-18-24(30)27-15-9-6-10-16-27/h7-8,11-14,17H,4-6,9-10,15-16,18H2,1-3H3. The molecule has 1 aliphatic rings. The molecule has 2 heterocycles. The summed E-state index contributed by atoms with van der Waals surface area (Å²) in [5.74, 6) is 1.03. The Bertz CT molecular complexity index is 1300. The molecule has 1 aromatic heterocycles. The molecule has 0 unspecified atom stereocenters. The van der Waals surface area contributed by atoms with Crippen LogP contribution in [0.3, 0.4) is 0 Å². The molecule has 0 saturated carbocycles. The molecule has 3 aromatic rings. The number of fused-ring (bicyclic) bond motifs is 1. The van der Waals surface area contributed by atoms with Gasteiger partial charge in [0.05, 0.1) is 34.5 Å². The smallest absolute Gasteiger partial charge is 0.243 e. The minimum Gasteiger partial charge on any atom is -0.495 e. The number of imidazole rings is 1. The Kier molecular flexibility index (Phi) is 8.03. The number of piperidine rings is 1. The van der Waals surface area contributed by atoms with E-state index in [9.17, 15) is 13.2 Å². The van der Waals surface area contributed by atoms with Gasteiger partial charge in [0.2, 0.25) is 15.9 Å². The van der Waals surface area contributed by atoms with Crippen LogP contribution in [0.25, 0.3) is 16.7 Å². The van der Waals surface area contributed by atoms with Crippen LogP contribution < -0.4 is 4.74 Å². The van der Waals surface area contributed by atoms with E-state index in [1.165, 1.54) is 22.5 Å². The highest BCUT2D eigenvalue weighted by molar-refractivity contribution is 7.99. The number of rotatable bonds is 9. The van der Waals surface area contributed by atoms with Crippen LogP contribution in [0.4, 0.5) is 0 Å². The SMILES string of the molecule is CCN(CC)S(=O)(=O)c1ccc2c(c1)nc(SCC(=O)N1CCCCC1)n2-c1ccccc1OC. The number of carbonyl (C=O) groups excluding carboxylic acids is 1. The number of hydrogen-bond acceptors (Lipinski definition) is 6. The predicted molar refractivity (Wildman–Crippen MR) is 139 cm³/mol. The van der Waals surface area contributed by atoms with Crippen molar-refractivity contribution < 1.29 is 17.9 Å². The van der Waals surface area contributed by atoms with Crippen LogP contribution in [0.2, 0.25) is 0 Å². The van der Waals surface area contributed by atoms with Gasteiger partial charge in [-0.25, -0.2) is 13.4 Å². The van der Waals surface area contributed by atoms with Crippen molar-refractivity contribution in [2.75, 3.05) is 39.0 Å². The summed E-state index contributed by atoms with van der Waals surface area (Å²) in [4.78, 5) is 19.8. The largest absolute Gasteiger partial charge is 0.495 e. The lowest BCUT2D eigenvalue weighted by molar-refractivity contribution is -0.129. The monoisotopic (exact) mass is 516 g/mol. The Hall–Kier alpha value is -2.56. The molecule has 1 aliphatic heterocycles. The van der Waals surface area contributed by atoms with Gasteiger partial charge in [-0.05, 0) is 49.6 Å². The first-order chi connectivity index (χ1) is 16.9. The van der Waals surface area contributed by atoms with Gasteiger partial charge >= 0.3 is 0 Å². The van der Waals surface area contributed by atoms with Gasteiger partial charge in [0.15, 0.2) is 5.16 Å². The van der Waals surface area contributed by atoms with Crippen LogP contribution in [-0.2, 0) is 14.8 Å². The van der Waals surface area contributed by atoms with E-state index >= 15 is 0 Å². The normalized spacial score (nSPS) is 14.6. The molecule has 1 amide bonds. The number of nitrogens with zero attached hydrogens (tertiary/aromatic N) is 4. The van der Waals surface area contributed by atoms with Gasteiger partial charge in [-0.3, -0.25) is 9.36 Å². The molecule has 0 bridgehead atoms. The van der Waals surface area contributed by atoms with E-state index in [1.807, 2.05) is 47.6 Å². The van der Waals surface area contributed by atoms with E-state index in [0.29, 0.717) is 29.5 Å². The molecule has 1 fully saturated rings. The van der Waals surface area contributed by atoms with Crippen molar-refractivity contribution in [1.29, 1.82) is 0 Å². The van der Waals surface area contributed by atoms with E-state index in [2.05, 4.69) is 0 Å². The Labute approximate surface area is 211 Å². The fourth-order valence-corrected chi connectivity index (χ4v) is 6.82.